The molecule has 31 heavy (non-hydrogen) atoms. The molecule has 0 bridgehead atoms. The smallest absolute Gasteiger partial charge is 0.257 e. The highest BCUT2D eigenvalue weighted by molar-refractivity contribution is 6.01. The molecule has 8 heteroatoms. The largest absolute Gasteiger partial charge is 0.465 e. The van der Waals surface area contributed by atoms with Crippen molar-refractivity contribution >= 4 is 23.7 Å². The second-order valence-corrected chi connectivity index (χ2v) is 7.23. The summed E-state index contributed by atoms with van der Waals surface area (Å²) in [6, 6.07) is 14.7. The number of benzene rings is 1. The summed E-state index contributed by atoms with van der Waals surface area (Å²) in [5, 5.41) is 7.26. The number of hydrogen-bond acceptors (Lipinski definition) is 6. The number of carbonyl (C=O) groups excluding carboxylic acids is 2. The molecule has 4 rings (SSSR count). The number of anilines is 1. The zero-order valence-electron chi connectivity index (χ0n) is 17.0. The zero-order chi connectivity index (χ0) is 21.5. The van der Waals surface area contributed by atoms with E-state index in [0.29, 0.717) is 36.5 Å². The second kappa shape index (κ2) is 9.80. The van der Waals surface area contributed by atoms with Crippen molar-refractivity contribution in [1.29, 1.82) is 0 Å². The van der Waals surface area contributed by atoms with Crippen LogP contribution in [0.4, 0.5) is 5.69 Å². The molecule has 2 amide bonds. The van der Waals surface area contributed by atoms with E-state index in [1.54, 1.807) is 29.6 Å². The highest BCUT2D eigenvalue weighted by Crippen LogP contribution is 2.33. The van der Waals surface area contributed by atoms with E-state index in [2.05, 4.69) is 15.8 Å². The minimum atomic E-state index is -0.350. The standard InChI is InChI=1S/C23H24N4O4/c28-21(26-24-16-17-8-6-14-30-17)12-2-1-5-13-27-22(20-11-7-15-31-20)25-19-10-4-3-9-18(19)23(27)29/h3-4,6-11,14-16,22,25H,1-2,5,12-13H2,(H,26,28)/b24-16+. The Bertz CT molecular complexity index is 1030. The van der Waals surface area contributed by atoms with Crippen LogP contribution in [0.2, 0.25) is 0 Å². The van der Waals surface area contributed by atoms with Crippen molar-refractivity contribution in [3.63, 3.8) is 0 Å². The predicted octanol–water partition coefficient (Wildman–Crippen LogP) is 4.15. The quantitative estimate of drug-likeness (QED) is 0.308. The molecule has 1 atom stereocenters. The summed E-state index contributed by atoms with van der Waals surface area (Å²) in [4.78, 5) is 26.7. The summed E-state index contributed by atoms with van der Waals surface area (Å²) in [6.45, 7) is 0.559. The van der Waals surface area contributed by atoms with Crippen LogP contribution in [-0.4, -0.2) is 29.5 Å². The van der Waals surface area contributed by atoms with Crippen LogP contribution in [0, 0.1) is 0 Å². The molecular weight excluding hydrogens is 396 g/mol. The number of fused-ring (bicyclic) bond motifs is 1. The topological polar surface area (TPSA) is 100 Å². The average Bonchev–Trinajstić information content (AvgIpc) is 3.49. The maximum absolute atomic E-state index is 13.1. The van der Waals surface area contributed by atoms with Gasteiger partial charge in [-0.2, -0.15) is 5.10 Å². The molecule has 1 aliphatic heterocycles. The Labute approximate surface area is 179 Å². The molecule has 2 N–H and O–H groups in total. The Kier molecular flexibility index (Phi) is 6.47. The van der Waals surface area contributed by atoms with Crippen molar-refractivity contribution in [2.75, 3.05) is 11.9 Å². The number of nitrogens with one attached hydrogen (secondary N) is 2. The Morgan fingerprint density at radius 2 is 1.90 bits per heavy atom. The van der Waals surface area contributed by atoms with Gasteiger partial charge in [-0.15, -0.1) is 0 Å². The number of hydrazone groups is 1. The second-order valence-electron chi connectivity index (χ2n) is 7.23. The molecule has 0 spiro atoms. The molecule has 0 saturated heterocycles. The van der Waals surface area contributed by atoms with Gasteiger partial charge in [0.2, 0.25) is 5.91 Å². The lowest BCUT2D eigenvalue weighted by Crippen LogP contribution is -2.43. The Balaban J connectivity index is 1.27. The van der Waals surface area contributed by atoms with Gasteiger partial charge in [-0.3, -0.25) is 9.59 Å². The molecule has 1 aliphatic rings. The number of carbonyl (C=O) groups is 2. The molecule has 0 aliphatic carbocycles. The van der Waals surface area contributed by atoms with Gasteiger partial charge in [0.1, 0.15) is 11.5 Å². The molecule has 160 valence electrons. The third-order valence-electron chi connectivity index (χ3n) is 5.06. The molecule has 0 radical (unpaired) electrons. The van der Waals surface area contributed by atoms with Gasteiger partial charge in [0, 0.05) is 18.7 Å². The summed E-state index contributed by atoms with van der Waals surface area (Å²) in [5.41, 5.74) is 3.94. The highest BCUT2D eigenvalue weighted by atomic mass is 16.3. The van der Waals surface area contributed by atoms with E-state index in [-0.39, 0.29) is 18.0 Å². The van der Waals surface area contributed by atoms with Crippen LogP contribution in [0.1, 0.15) is 53.7 Å². The van der Waals surface area contributed by atoms with E-state index in [0.717, 1.165) is 18.5 Å². The van der Waals surface area contributed by atoms with Crippen LogP contribution in [0.3, 0.4) is 0 Å². The number of furan rings is 2. The lowest BCUT2D eigenvalue weighted by Gasteiger charge is -2.36. The van der Waals surface area contributed by atoms with E-state index in [1.807, 2.05) is 36.4 Å². The van der Waals surface area contributed by atoms with Crippen molar-refractivity contribution < 1.29 is 18.4 Å². The summed E-state index contributed by atoms with van der Waals surface area (Å²) >= 11 is 0. The molecule has 0 fully saturated rings. The molecule has 8 nitrogen and oxygen atoms in total. The SMILES string of the molecule is O=C(CCCCCN1C(=O)c2ccccc2NC1c1ccco1)N/N=C/c1ccco1. The Hall–Kier alpha value is -3.81. The number of unbranched alkanes of at least 4 members (excludes halogenated alkanes) is 2. The number of nitrogens with zero attached hydrogens (tertiary/aromatic N) is 2. The monoisotopic (exact) mass is 420 g/mol. The summed E-state index contributed by atoms with van der Waals surface area (Å²) in [7, 11) is 0. The van der Waals surface area contributed by atoms with E-state index in [1.165, 1.54) is 6.21 Å². The number of rotatable bonds is 9. The lowest BCUT2D eigenvalue weighted by molar-refractivity contribution is -0.121. The first-order valence-corrected chi connectivity index (χ1v) is 10.3. The third kappa shape index (κ3) is 5.03. The van der Waals surface area contributed by atoms with E-state index >= 15 is 0 Å². The van der Waals surface area contributed by atoms with Crippen LogP contribution >= 0.6 is 0 Å². The normalized spacial score (nSPS) is 15.7. The van der Waals surface area contributed by atoms with Crippen LogP contribution < -0.4 is 10.7 Å². The zero-order valence-corrected chi connectivity index (χ0v) is 17.0. The van der Waals surface area contributed by atoms with Gasteiger partial charge < -0.3 is 19.1 Å². The highest BCUT2D eigenvalue weighted by Gasteiger charge is 2.33. The minimum absolute atomic E-state index is 0.0271. The number of amides is 2. The van der Waals surface area contributed by atoms with Gasteiger partial charge in [-0.05, 0) is 49.2 Å². The molecule has 1 aromatic carbocycles. The van der Waals surface area contributed by atoms with Crippen molar-refractivity contribution in [1.82, 2.24) is 10.3 Å². The fourth-order valence-electron chi connectivity index (χ4n) is 3.53. The molecule has 3 heterocycles. The minimum Gasteiger partial charge on any atom is -0.465 e. The summed E-state index contributed by atoms with van der Waals surface area (Å²) in [6.07, 6.45) is 6.91. The summed E-state index contributed by atoms with van der Waals surface area (Å²) in [5.74, 6) is 1.09. The Morgan fingerprint density at radius 3 is 2.71 bits per heavy atom. The van der Waals surface area contributed by atoms with Crippen molar-refractivity contribution in [3.05, 3.63) is 78.1 Å². The van der Waals surface area contributed by atoms with Gasteiger partial charge in [0.15, 0.2) is 6.17 Å². The van der Waals surface area contributed by atoms with E-state index in [4.69, 9.17) is 8.83 Å². The van der Waals surface area contributed by atoms with Crippen LogP contribution in [0.5, 0.6) is 0 Å². The molecule has 0 saturated carbocycles. The van der Waals surface area contributed by atoms with Gasteiger partial charge in [0.05, 0.1) is 24.3 Å². The lowest BCUT2D eigenvalue weighted by atomic mass is 10.1. The van der Waals surface area contributed by atoms with Gasteiger partial charge in [-0.25, -0.2) is 5.43 Å². The van der Waals surface area contributed by atoms with Crippen LogP contribution in [-0.2, 0) is 4.79 Å². The number of hydrogen-bond donors (Lipinski definition) is 2. The maximum Gasteiger partial charge on any atom is 0.257 e. The maximum atomic E-state index is 13.1. The average molecular weight is 420 g/mol. The van der Waals surface area contributed by atoms with Gasteiger partial charge in [-0.1, -0.05) is 18.6 Å². The fourth-order valence-corrected chi connectivity index (χ4v) is 3.53. The first kappa shape index (κ1) is 20.5. The van der Waals surface area contributed by atoms with Crippen molar-refractivity contribution in [2.24, 2.45) is 5.10 Å². The molecular formula is C23H24N4O4. The van der Waals surface area contributed by atoms with Gasteiger partial charge in [0.25, 0.3) is 5.91 Å². The third-order valence-corrected chi connectivity index (χ3v) is 5.06. The first-order valence-electron chi connectivity index (χ1n) is 10.3. The fraction of sp³-hybridized carbons (Fsp3) is 0.261. The molecule has 3 aromatic rings. The summed E-state index contributed by atoms with van der Waals surface area (Å²) < 4.78 is 10.7. The first-order chi connectivity index (χ1) is 15.2. The van der Waals surface area contributed by atoms with Gasteiger partial charge >= 0.3 is 0 Å². The van der Waals surface area contributed by atoms with E-state index < -0.39 is 0 Å². The Morgan fingerprint density at radius 1 is 1.06 bits per heavy atom. The van der Waals surface area contributed by atoms with Crippen LogP contribution in [0.15, 0.2) is 75.0 Å². The van der Waals surface area contributed by atoms with Crippen molar-refractivity contribution in [3.8, 4) is 0 Å². The van der Waals surface area contributed by atoms with E-state index in [9.17, 15) is 9.59 Å². The molecule has 2 aromatic heterocycles. The van der Waals surface area contributed by atoms with Crippen LogP contribution in [0.25, 0.3) is 0 Å². The van der Waals surface area contributed by atoms with Crippen molar-refractivity contribution in [2.45, 2.75) is 31.8 Å². The number of para-hydroxylation sites is 1. The predicted molar refractivity (Wildman–Crippen MR) is 115 cm³/mol. The molecule has 1 unspecified atom stereocenters.